The molecule has 0 bridgehead atoms. The fourth-order valence-corrected chi connectivity index (χ4v) is 10.6. The van der Waals surface area contributed by atoms with E-state index in [2.05, 4.69) is 21.2 Å². The molecule has 2 atom stereocenters. The minimum atomic E-state index is -3.94. The van der Waals surface area contributed by atoms with E-state index in [1.54, 1.807) is 63.4 Å². The molecular weight excluding hydrogens is 649 g/mol. The Labute approximate surface area is 283 Å². The summed E-state index contributed by atoms with van der Waals surface area (Å²) in [6, 6.07) is 12.1. The molecule has 0 N–H and O–H groups in total. The van der Waals surface area contributed by atoms with Crippen LogP contribution in [0.3, 0.4) is 0 Å². The highest BCUT2D eigenvalue weighted by Gasteiger charge is 2.60. The van der Waals surface area contributed by atoms with Crippen molar-refractivity contribution in [2.24, 2.45) is 9.78 Å². The molecule has 0 radical (unpaired) electrons. The van der Waals surface area contributed by atoms with Crippen molar-refractivity contribution >= 4 is 42.5 Å². The molecule has 1 aliphatic heterocycles. The van der Waals surface area contributed by atoms with Crippen LogP contribution in [0, 0.1) is 12.3 Å². The standard InChI is InChI=1S/C35H44N6O5S2/c1-23-9-11-25(12-10-23)47(43,44)41-18-14-27-26(13-17-36-31(27)41)30-37-28(21-29(38-30)40-19-20-46-22-24(40)2)35(15-16-35)48(45,34(6,7)8)39-32(42)33(3,4)5/h9-14,17-18,21,24H,15-16,19-20,22H2,1-8H3/t24-,48-/m1/s1. The lowest BCUT2D eigenvalue weighted by atomic mass is 9.96. The van der Waals surface area contributed by atoms with Crippen molar-refractivity contribution in [1.82, 2.24) is 18.9 Å². The molecule has 1 aliphatic carbocycles. The number of aryl methyl sites for hydroxylation is 1. The highest BCUT2D eigenvalue weighted by molar-refractivity contribution is 7.96. The minimum Gasteiger partial charge on any atom is -0.377 e. The van der Waals surface area contributed by atoms with Gasteiger partial charge < -0.3 is 9.64 Å². The molecule has 0 spiro atoms. The van der Waals surface area contributed by atoms with Crippen LogP contribution in [0.25, 0.3) is 22.4 Å². The van der Waals surface area contributed by atoms with Gasteiger partial charge in [0, 0.05) is 46.1 Å². The number of carbonyl (C=O) groups is 1. The fourth-order valence-electron chi connectivity index (χ4n) is 6.08. The van der Waals surface area contributed by atoms with E-state index in [1.165, 1.54) is 10.2 Å². The number of carbonyl (C=O) groups excluding carboxylic acids is 1. The average molecular weight is 693 g/mol. The number of fused-ring (bicyclic) bond motifs is 1. The fraction of sp³-hybridized carbons (Fsp3) is 0.486. The molecule has 2 fully saturated rings. The molecule has 11 nitrogen and oxygen atoms in total. The number of rotatable bonds is 6. The van der Waals surface area contributed by atoms with Crippen molar-refractivity contribution in [3.8, 4) is 11.4 Å². The van der Waals surface area contributed by atoms with Gasteiger partial charge in [0.15, 0.2) is 11.5 Å². The number of nitrogens with zero attached hydrogens (tertiary/aromatic N) is 6. The van der Waals surface area contributed by atoms with Crippen molar-refractivity contribution in [1.29, 1.82) is 0 Å². The molecule has 1 saturated carbocycles. The Balaban J connectivity index is 1.57. The van der Waals surface area contributed by atoms with Crippen LogP contribution in [-0.4, -0.2) is 68.0 Å². The van der Waals surface area contributed by atoms with E-state index >= 15 is 4.21 Å². The van der Waals surface area contributed by atoms with Crippen molar-refractivity contribution in [3.05, 3.63) is 66.1 Å². The summed E-state index contributed by atoms with van der Waals surface area (Å²) in [7, 11) is -7.16. The van der Waals surface area contributed by atoms with Crippen molar-refractivity contribution in [2.75, 3.05) is 24.7 Å². The summed E-state index contributed by atoms with van der Waals surface area (Å²) in [5, 5.41) is 0.556. The number of anilines is 1. The Morgan fingerprint density at radius 3 is 2.29 bits per heavy atom. The van der Waals surface area contributed by atoms with Crippen LogP contribution in [-0.2, 0) is 34.0 Å². The zero-order chi connectivity index (χ0) is 34.9. The van der Waals surface area contributed by atoms with E-state index in [0.717, 1.165) is 5.56 Å². The van der Waals surface area contributed by atoms with E-state index in [1.807, 2.05) is 33.8 Å². The molecular formula is C35H44N6O5S2. The Morgan fingerprint density at radius 1 is 1.00 bits per heavy atom. The number of hydrogen-bond acceptors (Lipinski definition) is 9. The first-order valence-corrected chi connectivity index (χ1v) is 19.2. The summed E-state index contributed by atoms with van der Waals surface area (Å²) < 4.78 is 52.4. The molecule has 4 heterocycles. The molecule has 1 aromatic carbocycles. The second-order valence-corrected chi connectivity index (χ2v) is 19.9. The molecule has 256 valence electrons. The summed E-state index contributed by atoms with van der Waals surface area (Å²) in [6.45, 7) is 16.5. The second kappa shape index (κ2) is 11.7. The monoisotopic (exact) mass is 692 g/mol. The highest BCUT2D eigenvalue weighted by Crippen LogP contribution is 2.57. The number of pyridine rings is 1. The molecule has 1 saturated heterocycles. The van der Waals surface area contributed by atoms with Gasteiger partial charge in [-0.05, 0) is 71.7 Å². The Hall–Kier alpha value is -3.68. The third-order valence-corrected chi connectivity index (χ3v) is 14.6. The van der Waals surface area contributed by atoms with Gasteiger partial charge in [-0.15, -0.1) is 0 Å². The maximum Gasteiger partial charge on any atom is 0.269 e. The van der Waals surface area contributed by atoms with Crippen LogP contribution in [0.1, 0.15) is 72.6 Å². The first-order valence-electron chi connectivity index (χ1n) is 16.2. The molecule has 13 heteroatoms. The molecule has 1 amide bonds. The number of hydrogen-bond donors (Lipinski definition) is 0. The van der Waals surface area contributed by atoms with E-state index < -0.39 is 40.6 Å². The van der Waals surface area contributed by atoms with Gasteiger partial charge in [-0.25, -0.2) is 31.6 Å². The lowest BCUT2D eigenvalue weighted by Gasteiger charge is -2.36. The van der Waals surface area contributed by atoms with Crippen molar-refractivity contribution in [2.45, 2.75) is 88.7 Å². The largest absolute Gasteiger partial charge is 0.377 e. The normalized spacial score (nSPS) is 19.6. The third-order valence-electron chi connectivity index (χ3n) is 9.13. The maximum atomic E-state index is 15.3. The van der Waals surface area contributed by atoms with Crippen LogP contribution < -0.4 is 4.90 Å². The van der Waals surface area contributed by atoms with Crippen LogP contribution in [0.4, 0.5) is 5.82 Å². The first-order chi connectivity index (χ1) is 22.4. The van der Waals surface area contributed by atoms with Gasteiger partial charge in [0.25, 0.3) is 15.9 Å². The quantitative estimate of drug-likeness (QED) is 0.235. The van der Waals surface area contributed by atoms with Gasteiger partial charge in [-0.3, -0.25) is 4.79 Å². The number of amides is 1. The molecule has 48 heavy (non-hydrogen) atoms. The van der Waals surface area contributed by atoms with Gasteiger partial charge >= 0.3 is 0 Å². The SMILES string of the molecule is Cc1ccc(S(=O)(=O)n2ccc3c(-c4nc(N5CCOC[C@H]5C)cc(C5([S@@](=O)(=NC(=O)C(C)(C)C)C(C)(C)C)CC5)n4)ccnc32)cc1. The van der Waals surface area contributed by atoms with Crippen molar-refractivity contribution in [3.63, 3.8) is 0 Å². The number of aromatic nitrogens is 4. The number of benzene rings is 1. The maximum absolute atomic E-state index is 15.3. The van der Waals surface area contributed by atoms with Crippen LogP contribution in [0.15, 0.2) is 64.1 Å². The topological polar surface area (TPSA) is 137 Å². The Bertz CT molecular complexity index is 2130. The van der Waals surface area contributed by atoms with E-state index in [9.17, 15) is 13.2 Å². The summed E-state index contributed by atoms with van der Waals surface area (Å²) in [4.78, 5) is 30.3. The summed E-state index contributed by atoms with van der Waals surface area (Å²) in [5.74, 6) is 0.590. The van der Waals surface area contributed by atoms with Crippen LogP contribution in [0.2, 0.25) is 0 Å². The van der Waals surface area contributed by atoms with Gasteiger partial charge in [0.1, 0.15) is 5.82 Å². The first kappa shape index (κ1) is 34.2. The number of ether oxygens (including phenoxy) is 1. The molecule has 4 aromatic rings. The summed E-state index contributed by atoms with van der Waals surface area (Å²) >= 11 is 0. The molecule has 6 rings (SSSR count). The average Bonchev–Trinajstić information content (AvgIpc) is 3.72. The van der Waals surface area contributed by atoms with E-state index in [-0.39, 0.29) is 16.6 Å². The second-order valence-electron chi connectivity index (χ2n) is 14.9. The van der Waals surface area contributed by atoms with E-state index in [0.29, 0.717) is 60.9 Å². The predicted molar refractivity (Wildman–Crippen MR) is 188 cm³/mol. The molecule has 2 aliphatic rings. The Morgan fingerprint density at radius 2 is 1.69 bits per heavy atom. The van der Waals surface area contributed by atoms with Crippen LogP contribution in [0.5, 0.6) is 0 Å². The van der Waals surface area contributed by atoms with Gasteiger partial charge in [0.2, 0.25) is 0 Å². The number of morpholine rings is 1. The smallest absolute Gasteiger partial charge is 0.269 e. The van der Waals surface area contributed by atoms with Gasteiger partial charge in [-0.2, -0.15) is 4.36 Å². The highest BCUT2D eigenvalue weighted by atomic mass is 32.2. The summed E-state index contributed by atoms with van der Waals surface area (Å²) in [6.07, 6.45) is 4.15. The minimum absolute atomic E-state index is 0.0156. The van der Waals surface area contributed by atoms with Gasteiger partial charge in [0.05, 0.1) is 44.3 Å². The zero-order valence-electron chi connectivity index (χ0n) is 28.9. The molecule has 0 unspecified atom stereocenters. The Kier molecular flexibility index (Phi) is 8.36. The third kappa shape index (κ3) is 5.73. The van der Waals surface area contributed by atoms with E-state index in [4.69, 9.17) is 14.7 Å². The lowest BCUT2D eigenvalue weighted by Crippen LogP contribution is -2.44. The lowest BCUT2D eigenvalue weighted by molar-refractivity contribution is -0.124. The van der Waals surface area contributed by atoms with Gasteiger partial charge in [-0.1, -0.05) is 38.5 Å². The van der Waals surface area contributed by atoms with Crippen LogP contribution >= 0.6 is 0 Å². The predicted octanol–water partition coefficient (Wildman–Crippen LogP) is 6.09. The zero-order valence-corrected chi connectivity index (χ0v) is 30.5. The van der Waals surface area contributed by atoms with Crippen molar-refractivity contribution < 1.29 is 22.2 Å². The molecule has 3 aromatic heterocycles. The summed E-state index contributed by atoms with van der Waals surface area (Å²) in [5.41, 5.74) is 1.54.